The minimum atomic E-state index is -4.42. The van der Waals surface area contributed by atoms with Gasteiger partial charge in [0.1, 0.15) is 6.10 Å². The highest BCUT2D eigenvalue weighted by Crippen LogP contribution is 2.30. The Kier molecular flexibility index (Phi) is 10.6. The number of hydrogen-bond donors (Lipinski definition) is 2. The lowest BCUT2D eigenvalue weighted by atomic mass is 10.3. The van der Waals surface area contributed by atoms with Crippen molar-refractivity contribution in [3.8, 4) is 5.75 Å². The third-order valence-electron chi connectivity index (χ3n) is 3.49. The van der Waals surface area contributed by atoms with Gasteiger partial charge in [0.25, 0.3) is 0 Å². The predicted octanol–water partition coefficient (Wildman–Crippen LogP) is 4.48. The minimum absolute atomic E-state index is 0. The third-order valence-corrected chi connectivity index (χ3v) is 4.40. The number of para-hydroxylation sites is 1. The van der Waals surface area contributed by atoms with Gasteiger partial charge in [-0.3, -0.25) is 0 Å². The Morgan fingerprint density at radius 2 is 2.00 bits per heavy atom. The molecular weight excluding hydrogens is 523 g/mol. The second kappa shape index (κ2) is 12.2. The summed E-state index contributed by atoms with van der Waals surface area (Å²) in [6.45, 7) is 4.93. The van der Waals surface area contributed by atoms with Gasteiger partial charge in [0, 0.05) is 24.9 Å². The van der Waals surface area contributed by atoms with Crippen molar-refractivity contribution in [2.45, 2.75) is 32.5 Å². The Balaban J connectivity index is 0.00000420. The summed E-state index contributed by atoms with van der Waals surface area (Å²) in [7, 11) is 0. The number of alkyl halides is 3. The first-order chi connectivity index (χ1) is 13.3. The van der Waals surface area contributed by atoms with Gasteiger partial charge in [-0.25, -0.2) is 14.4 Å². The smallest absolute Gasteiger partial charge is 0.434 e. The molecule has 0 spiro atoms. The summed E-state index contributed by atoms with van der Waals surface area (Å²) in [4.78, 5) is 7.96. The number of aliphatic imine (C=N–C) groups is 1. The van der Waals surface area contributed by atoms with E-state index in [-0.39, 0.29) is 42.4 Å². The largest absolute Gasteiger partial charge is 0.486 e. The van der Waals surface area contributed by atoms with Crippen molar-refractivity contribution in [1.29, 1.82) is 0 Å². The molecule has 1 aromatic heterocycles. The number of benzene rings is 1. The van der Waals surface area contributed by atoms with Gasteiger partial charge in [0.2, 0.25) is 0 Å². The average Bonchev–Trinajstić information content (AvgIpc) is 3.11. The first-order valence-electron chi connectivity index (χ1n) is 8.74. The highest BCUT2D eigenvalue weighted by atomic mass is 127. The van der Waals surface area contributed by atoms with Gasteiger partial charge in [0.15, 0.2) is 23.2 Å². The fourth-order valence-electron chi connectivity index (χ4n) is 2.20. The van der Waals surface area contributed by atoms with Crippen molar-refractivity contribution >= 4 is 41.3 Å². The van der Waals surface area contributed by atoms with E-state index in [1.165, 1.54) is 6.07 Å². The number of nitrogens with one attached hydrogen (secondary N) is 2. The standard InChI is InChI=1S/C18H22F4N4OS.HI/c1-3-23-17(24-9-8-16-26-15(11-28-16)18(20,21)22)25-10-12(2)27-14-7-5-4-6-13(14)19;/h4-7,11-12H,3,8-10H2,1-2H3,(H2,23,24,25);1H. The monoisotopic (exact) mass is 546 g/mol. The summed E-state index contributed by atoms with van der Waals surface area (Å²) in [5, 5.41) is 7.49. The first kappa shape index (κ1) is 25.4. The van der Waals surface area contributed by atoms with Crippen LogP contribution in [0.2, 0.25) is 0 Å². The first-order valence-corrected chi connectivity index (χ1v) is 9.62. The fourth-order valence-corrected chi connectivity index (χ4v) is 3.00. The van der Waals surface area contributed by atoms with Crippen LogP contribution in [0.3, 0.4) is 0 Å². The second-order valence-electron chi connectivity index (χ2n) is 5.88. The van der Waals surface area contributed by atoms with E-state index in [0.717, 1.165) is 16.7 Å². The van der Waals surface area contributed by atoms with Gasteiger partial charge in [-0.2, -0.15) is 13.2 Å². The quantitative estimate of drug-likeness (QED) is 0.222. The van der Waals surface area contributed by atoms with Crippen LogP contribution < -0.4 is 15.4 Å². The molecular formula is C18H23F4IN4OS. The van der Waals surface area contributed by atoms with Gasteiger partial charge in [-0.05, 0) is 26.0 Å². The van der Waals surface area contributed by atoms with Crippen LogP contribution >= 0.6 is 35.3 Å². The molecule has 0 saturated carbocycles. The van der Waals surface area contributed by atoms with Crippen molar-refractivity contribution in [3.63, 3.8) is 0 Å². The van der Waals surface area contributed by atoms with Crippen molar-refractivity contribution in [2.75, 3.05) is 19.6 Å². The van der Waals surface area contributed by atoms with Crippen LogP contribution in [-0.2, 0) is 12.6 Å². The van der Waals surface area contributed by atoms with Crippen LogP contribution in [0.1, 0.15) is 24.5 Å². The summed E-state index contributed by atoms with van der Waals surface area (Å²) in [5.41, 5.74) is -0.868. The highest BCUT2D eigenvalue weighted by molar-refractivity contribution is 14.0. The Labute approximate surface area is 188 Å². The van der Waals surface area contributed by atoms with Crippen LogP contribution in [0.15, 0.2) is 34.6 Å². The normalized spacial score (nSPS) is 12.8. The molecule has 2 N–H and O–H groups in total. The molecule has 11 heteroatoms. The molecule has 0 fully saturated rings. The third kappa shape index (κ3) is 8.72. The Morgan fingerprint density at radius 3 is 2.62 bits per heavy atom. The second-order valence-corrected chi connectivity index (χ2v) is 6.82. The van der Waals surface area contributed by atoms with Gasteiger partial charge in [-0.1, -0.05) is 12.1 Å². The predicted molar refractivity (Wildman–Crippen MR) is 117 cm³/mol. The molecule has 0 bridgehead atoms. The van der Waals surface area contributed by atoms with E-state index in [9.17, 15) is 17.6 Å². The molecule has 1 heterocycles. The summed E-state index contributed by atoms with van der Waals surface area (Å²) < 4.78 is 56.9. The zero-order valence-electron chi connectivity index (χ0n) is 15.9. The molecule has 29 heavy (non-hydrogen) atoms. The number of halogens is 5. The van der Waals surface area contributed by atoms with Crippen molar-refractivity contribution in [2.24, 2.45) is 4.99 Å². The maximum absolute atomic E-state index is 13.6. The lowest BCUT2D eigenvalue weighted by Gasteiger charge is -2.15. The van der Waals surface area contributed by atoms with E-state index < -0.39 is 17.7 Å². The Hall–Kier alpha value is -1.63. The number of hydrogen-bond acceptors (Lipinski definition) is 4. The van der Waals surface area contributed by atoms with Gasteiger partial charge < -0.3 is 15.4 Å². The Bertz CT molecular complexity index is 785. The summed E-state index contributed by atoms with van der Waals surface area (Å²) in [6, 6.07) is 6.13. The van der Waals surface area contributed by atoms with Crippen molar-refractivity contribution in [3.05, 3.63) is 46.2 Å². The van der Waals surface area contributed by atoms with Crippen LogP contribution in [0.5, 0.6) is 5.75 Å². The molecule has 162 valence electrons. The zero-order chi connectivity index (χ0) is 20.6. The molecule has 5 nitrogen and oxygen atoms in total. The van der Waals surface area contributed by atoms with Crippen molar-refractivity contribution < 1.29 is 22.3 Å². The SMILES string of the molecule is CCNC(=NCC(C)Oc1ccccc1F)NCCc1nc(C(F)(F)F)cs1.I. The maximum Gasteiger partial charge on any atom is 0.434 e. The average molecular weight is 546 g/mol. The lowest BCUT2D eigenvalue weighted by molar-refractivity contribution is -0.140. The zero-order valence-corrected chi connectivity index (χ0v) is 19.1. The van der Waals surface area contributed by atoms with E-state index in [1.807, 2.05) is 6.92 Å². The molecule has 1 atom stereocenters. The molecule has 0 aliphatic heterocycles. The van der Waals surface area contributed by atoms with Crippen LogP contribution in [0.25, 0.3) is 0 Å². The van der Waals surface area contributed by atoms with E-state index in [4.69, 9.17) is 4.74 Å². The van der Waals surface area contributed by atoms with Gasteiger partial charge in [0.05, 0.1) is 11.6 Å². The lowest BCUT2D eigenvalue weighted by Crippen LogP contribution is -2.39. The number of aromatic nitrogens is 1. The molecule has 0 aliphatic rings. The molecule has 0 aliphatic carbocycles. The molecule has 0 saturated heterocycles. The van der Waals surface area contributed by atoms with Crippen molar-refractivity contribution in [1.82, 2.24) is 15.6 Å². The van der Waals surface area contributed by atoms with Crippen LogP contribution in [-0.4, -0.2) is 36.7 Å². The van der Waals surface area contributed by atoms with Gasteiger partial charge >= 0.3 is 6.18 Å². The molecule has 1 aromatic carbocycles. The molecule has 2 rings (SSSR count). The van der Waals surface area contributed by atoms with Crippen LogP contribution in [0, 0.1) is 5.82 Å². The maximum atomic E-state index is 13.6. The number of guanidine groups is 1. The van der Waals surface area contributed by atoms with Crippen LogP contribution in [0.4, 0.5) is 17.6 Å². The minimum Gasteiger partial charge on any atom is -0.486 e. The molecule has 2 aromatic rings. The highest BCUT2D eigenvalue weighted by Gasteiger charge is 2.33. The number of rotatable bonds is 8. The summed E-state index contributed by atoms with van der Waals surface area (Å²) >= 11 is 0.975. The number of thiazole rings is 1. The fraction of sp³-hybridized carbons (Fsp3) is 0.444. The van der Waals surface area contributed by atoms with E-state index >= 15 is 0 Å². The van der Waals surface area contributed by atoms with E-state index in [0.29, 0.717) is 30.5 Å². The molecule has 1 unspecified atom stereocenters. The molecule has 0 amide bonds. The van der Waals surface area contributed by atoms with E-state index in [2.05, 4.69) is 20.6 Å². The van der Waals surface area contributed by atoms with E-state index in [1.54, 1.807) is 25.1 Å². The molecule has 0 radical (unpaired) electrons. The number of nitrogens with zero attached hydrogens (tertiary/aromatic N) is 2. The number of ether oxygens (including phenoxy) is 1. The topological polar surface area (TPSA) is 58.5 Å². The summed E-state index contributed by atoms with van der Waals surface area (Å²) in [5.74, 6) is 0.219. The van der Waals surface area contributed by atoms with Gasteiger partial charge in [-0.15, -0.1) is 35.3 Å². The Morgan fingerprint density at radius 1 is 1.28 bits per heavy atom. The summed E-state index contributed by atoms with van der Waals surface area (Å²) in [6.07, 6.45) is -4.44.